The number of nitrogens with zero attached hydrogens (tertiary/aromatic N) is 2. The van der Waals surface area contributed by atoms with E-state index >= 15 is 0 Å². The normalized spacial score (nSPS) is 20.1. The molecule has 2 fully saturated rings. The minimum atomic E-state index is -1.41. The van der Waals surface area contributed by atoms with Gasteiger partial charge in [-0.15, -0.1) is 0 Å². The zero-order valence-electron chi connectivity index (χ0n) is 17.8. The molecule has 2 aromatic rings. The van der Waals surface area contributed by atoms with Gasteiger partial charge in [-0.1, -0.05) is 55.3 Å². The van der Waals surface area contributed by atoms with Gasteiger partial charge in [-0.05, 0) is 36.1 Å². The number of aliphatic hydroxyl groups is 1. The summed E-state index contributed by atoms with van der Waals surface area (Å²) >= 11 is 0. The van der Waals surface area contributed by atoms with Crippen LogP contribution in [0.4, 0.5) is 0 Å². The molecule has 2 aliphatic rings. The Labute approximate surface area is 179 Å². The summed E-state index contributed by atoms with van der Waals surface area (Å²) in [6.45, 7) is 3.73. The molecule has 4 rings (SSSR count). The number of carbonyl (C=O) groups excluding carboxylic acids is 1. The summed E-state index contributed by atoms with van der Waals surface area (Å²) in [5, 5.41) is 11.7. The molecule has 5 heteroatoms. The van der Waals surface area contributed by atoms with E-state index in [-0.39, 0.29) is 11.8 Å². The van der Waals surface area contributed by atoms with Crippen molar-refractivity contribution in [3.8, 4) is 5.75 Å². The predicted octanol–water partition coefficient (Wildman–Crippen LogP) is 3.42. The number of carbonyl (C=O) groups is 1. The molecule has 1 saturated heterocycles. The predicted molar refractivity (Wildman–Crippen MR) is 117 cm³/mol. The Bertz CT molecular complexity index is 842. The first-order valence-electron chi connectivity index (χ1n) is 11.0. The van der Waals surface area contributed by atoms with E-state index in [1.165, 1.54) is 5.56 Å². The second kappa shape index (κ2) is 9.19. The fourth-order valence-corrected chi connectivity index (χ4v) is 4.95. The van der Waals surface area contributed by atoms with Crippen molar-refractivity contribution in [3.63, 3.8) is 0 Å². The summed E-state index contributed by atoms with van der Waals surface area (Å²) < 4.78 is 5.32. The number of ether oxygens (including phenoxy) is 1. The third-order valence-electron chi connectivity index (χ3n) is 6.69. The highest BCUT2D eigenvalue weighted by atomic mass is 16.5. The second-order valence-corrected chi connectivity index (χ2v) is 8.53. The molecule has 1 amide bonds. The summed E-state index contributed by atoms with van der Waals surface area (Å²) in [5.41, 5.74) is 0.536. The Kier molecular flexibility index (Phi) is 6.40. The van der Waals surface area contributed by atoms with E-state index in [9.17, 15) is 9.90 Å². The molecule has 30 heavy (non-hydrogen) atoms. The first-order valence-corrected chi connectivity index (χ1v) is 11.0. The van der Waals surface area contributed by atoms with Crippen LogP contribution in [0.5, 0.6) is 5.75 Å². The molecule has 1 atom stereocenters. The highest BCUT2D eigenvalue weighted by molar-refractivity contribution is 5.87. The summed E-state index contributed by atoms with van der Waals surface area (Å²) in [5.74, 6) is 0.745. The van der Waals surface area contributed by atoms with E-state index in [0.717, 1.165) is 56.6 Å². The molecule has 1 aliphatic heterocycles. The van der Waals surface area contributed by atoms with Gasteiger partial charge in [0.15, 0.2) is 5.60 Å². The zero-order valence-corrected chi connectivity index (χ0v) is 17.8. The van der Waals surface area contributed by atoms with Gasteiger partial charge in [0.2, 0.25) is 0 Å². The fourth-order valence-electron chi connectivity index (χ4n) is 4.95. The van der Waals surface area contributed by atoms with E-state index in [1.54, 1.807) is 7.11 Å². The number of piperazine rings is 1. The Morgan fingerprint density at radius 2 is 1.73 bits per heavy atom. The summed E-state index contributed by atoms with van der Waals surface area (Å²) in [6, 6.07) is 17.7. The number of benzene rings is 2. The highest BCUT2D eigenvalue weighted by Gasteiger charge is 2.48. The molecule has 0 spiro atoms. The molecular formula is C25H32N2O3. The maximum Gasteiger partial charge on any atom is 0.259 e. The van der Waals surface area contributed by atoms with Crippen LogP contribution in [0.3, 0.4) is 0 Å². The summed E-state index contributed by atoms with van der Waals surface area (Å²) in [7, 11) is 1.68. The quantitative estimate of drug-likeness (QED) is 0.796. The molecule has 1 heterocycles. The lowest BCUT2D eigenvalue weighted by atomic mass is 9.79. The molecule has 0 bridgehead atoms. The van der Waals surface area contributed by atoms with E-state index < -0.39 is 5.60 Å². The second-order valence-electron chi connectivity index (χ2n) is 8.53. The van der Waals surface area contributed by atoms with Crippen LogP contribution in [-0.4, -0.2) is 54.1 Å². The van der Waals surface area contributed by atoms with Gasteiger partial charge in [0.05, 0.1) is 7.11 Å². The molecule has 1 saturated carbocycles. The maximum absolute atomic E-state index is 13.6. The van der Waals surface area contributed by atoms with E-state index in [4.69, 9.17) is 4.74 Å². The van der Waals surface area contributed by atoms with Crippen LogP contribution < -0.4 is 4.74 Å². The van der Waals surface area contributed by atoms with Gasteiger partial charge < -0.3 is 14.7 Å². The van der Waals surface area contributed by atoms with Gasteiger partial charge in [-0.25, -0.2) is 0 Å². The lowest BCUT2D eigenvalue weighted by Gasteiger charge is -2.41. The molecule has 1 N–H and O–H groups in total. The van der Waals surface area contributed by atoms with E-state index in [2.05, 4.69) is 17.0 Å². The van der Waals surface area contributed by atoms with Crippen LogP contribution in [0.25, 0.3) is 0 Å². The minimum Gasteiger partial charge on any atom is -0.497 e. The smallest absolute Gasteiger partial charge is 0.259 e. The van der Waals surface area contributed by atoms with Gasteiger partial charge in [-0.2, -0.15) is 0 Å². The van der Waals surface area contributed by atoms with Gasteiger partial charge in [0.1, 0.15) is 5.75 Å². The van der Waals surface area contributed by atoms with Crippen molar-refractivity contribution in [1.29, 1.82) is 0 Å². The summed E-state index contributed by atoms with van der Waals surface area (Å²) in [4.78, 5) is 17.8. The van der Waals surface area contributed by atoms with E-state index in [0.29, 0.717) is 13.1 Å². The molecule has 0 unspecified atom stereocenters. The maximum atomic E-state index is 13.6. The largest absolute Gasteiger partial charge is 0.497 e. The van der Waals surface area contributed by atoms with Crippen molar-refractivity contribution in [1.82, 2.24) is 9.80 Å². The molecular weight excluding hydrogens is 376 g/mol. The Morgan fingerprint density at radius 3 is 2.40 bits per heavy atom. The van der Waals surface area contributed by atoms with Crippen LogP contribution in [0.15, 0.2) is 54.6 Å². The molecule has 160 valence electrons. The third-order valence-corrected chi connectivity index (χ3v) is 6.69. The van der Waals surface area contributed by atoms with Crippen LogP contribution in [0.2, 0.25) is 0 Å². The number of hydrogen-bond acceptors (Lipinski definition) is 4. The molecule has 0 radical (unpaired) electrons. The molecule has 2 aromatic carbocycles. The third kappa shape index (κ3) is 4.23. The SMILES string of the molecule is COc1cccc(CN2CCN(C(=O)[C@](O)(c3ccccc3)C3CCCC3)CC2)c1. The Balaban J connectivity index is 1.44. The number of rotatable bonds is 6. The molecule has 0 aromatic heterocycles. The first kappa shape index (κ1) is 20.9. The highest BCUT2D eigenvalue weighted by Crippen LogP contribution is 2.42. The van der Waals surface area contributed by atoms with E-state index in [1.807, 2.05) is 47.4 Å². The van der Waals surface area contributed by atoms with Crippen LogP contribution in [0.1, 0.15) is 36.8 Å². The van der Waals surface area contributed by atoms with Gasteiger partial charge in [0, 0.05) is 38.6 Å². The van der Waals surface area contributed by atoms with Gasteiger partial charge in [0.25, 0.3) is 5.91 Å². The lowest BCUT2D eigenvalue weighted by Crippen LogP contribution is -2.56. The molecule has 1 aliphatic carbocycles. The zero-order chi connectivity index (χ0) is 21.0. The first-order chi connectivity index (χ1) is 14.6. The van der Waals surface area contributed by atoms with Gasteiger partial charge in [-0.3, -0.25) is 9.69 Å². The Morgan fingerprint density at radius 1 is 1.03 bits per heavy atom. The standard InChI is InChI=1S/C25H32N2O3/c1-30-23-13-7-8-20(18-23)19-26-14-16-27(17-15-26)24(28)25(29,22-11-5-6-12-22)21-9-3-2-4-10-21/h2-4,7-10,13,18,22,29H,5-6,11-12,14-17,19H2,1H3/t25-/m0/s1. The number of amides is 1. The average Bonchev–Trinajstić information content (AvgIpc) is 3.35. The van der Waals surface area contributed by atoms with Crippen molar-refractivity contribution in [3.05, 3.63) is 65.7 Å². The average molecular weight is 409 g/mol. The van der Waals surface area contributed by atoms with Crippen molar-refractivity contribution >= 4 is 5.91 Å². The van der Waals surface area contributed by atoms with Crippen molar-refractivity contribution in [2.75, 3.05) is 33.3 Å². The fraction of sp³-hybridized carbons (Fsp3) is 0.480. The lowest BCUT2D eigenvalue weighted by molar-refractivity contribution is -0.161. The van der Waals surface area contributed by atoms with Crippen LogP contribution in [-0.2, 0) is 16.9 Å². The Hall–Kier alpha value is -2.37. The number of hydrogen-bond donors (Lipinski definition) is 1. The number of methoxy groups -OCH3 is 1. The molecule has 5 nitrogen and oxygen atoms in total. The van der Waals surface area contributed by atoms with Crippen LogP contribution in [0, 0.1) is 5.92 Å². The monoisotopic (exact) mass is 408 g/mol. The van der Waals surface area contributed by atoms with Crippen LogP contribution >= 0.6 is 0 Å². The topological polar surface area (TPSA) is 53.0 Å². The minimum absolute atomic E-state index is 0.00205. The summed E-state index contributed by atoms with van der Waals surface area (Å²) in [6.07, 6.45) is 3.99. The van der Waals surface area contributed by atoms with Crippen molar-refractivity contribution < 1.29 is 14.6 Å². The van der Waals surface area contributed by atoms with Gasteiger partial charge >= 0.3 is 0 Å². The van der Waals surface area contributed by atoms with Crippen molar-refractivity contribution in [2.45, 2.75) is 37.8 Å². The van der Waals surface area contributed by atoms with Crippen molar-refractivity contribution in [2.24, 2.45) is 5.92 Å².